The van der Waals surface area contributed by atoms with Gasteiger partial charge in [0.25, 0.3) is 0 Å². The molecular formula is C8H14Br2. The summed E-state index contributed by atoms with van der Waals surface area (Å²) in [5.41, 5.74) is 0. The molecule has 60 valence electrons. The molecule has 0 bridgehead atoms. The Hall–Kier alpha value is 0.700. The maximum Gasteiger partial charge on any atom is 0.00342 e. The molecule has 2 heteroatoms. The minimum absolute atomic E-state index is 1.12. The van der Waals surface area contributed by atoms with Gasteiger partial charge in [-0.05, 0) is 25.7 Å². The van der Waals surface area contributed by atoms with Crippen LogP contribution in [-0.2, 0) is 0 Å². The van der Waals surface area contributed by atoms with E-state index in [-0.39, 0.29) is 0 Å². The highest BCUT2D eigenvalue weighted by Crippen LogP contribution is 1.99. The van der Waals surface area contributed by atoms with Gasteiger partial charge in [-0.2, -0.15) is 0 Å². The van der Waals surface area contributed by atoms with E-state index in [4.69, 9.17) is 0 Å². The van der Waals surface area contributed by atoms with Crippen LogP contribution in [0.3, 0.4) is 0 Å². The van der Waals surface area contributed by atoms with Crippen LogP contribution in [0.1, 0.15) is 25.7 Å². The minimum Gasteiger partial charge on any atom is -0.0928 e. The van der Waals surface area contributed by atoms with Gasteiger partial charge in [0.05, 0.1) is 0 Å². The molecule has 0 atom stereocenters. The van der Waals surface area contributed by atoms with Gasteiger partial charge in [-0.3, -0.25) is 0 Å². The van der Waals surface area contributed by atoms with Crippen LogP contribution in [0.15, 0.2) is 12.2 Å². The third-order valence-corrected chi connectivity index (χ3v) is 2.30. The third-order valence-electron chi connectivity index (χ3n) is 1.18. The number of halogens is 2. The highest BCUT2D eigenvalue weighted by molar-refractivity contribution is 9.09. The van der Waals surface area contributed by atoms with Gasteiger partial charge in [0.2, 0.25) is 0 Å². The van der Waals surface area contributed by atoms with Gasteiger partial charge in [-0.25, -0.2) is 0 Å². The van der Waals surface area contributed by atoms with Crippen molar-refractivity contribution in [3.05, 3.63) is 12.2 Å². The summed E-state index contributed by atoms with van der Waals surface area (Å²) in [6, 6.07) is 0. The summed E-state index contributed by atoms with van der Waals surface area (Å²) in [6.45, 7) is 0. The molecule has 0 unspecified atom stereocenters. The highest BCUT2D eigenvalue weighted by atomic mass is 79.9. The zero-order valence-corrected chi connectivity index (χ0v) is 9.33. The van der Waals surface area contributed by atoms with Crippen molar-refractivity contribution in [2.75, 3.05) is 10.7 Å². The summed E-state index contributed by atoms with van der Waals surface area (Å²) in [5.74, 6) is 0. The molecule has 0 spiro atoms. The van der Waals surface area contributed by atoms with Gasteiger partial charge in [-0.15, -0.1) is 0 Å². The standard InChI is InChI=1S/C8H14Br2/c9-7-5-3-1-2-4-6-8-10/h1-2H,3-8H2. The van der Waals surface area contributed by atoms with Crippen LogP contribution in [-0.4, -0.2) is 10.7 Å². The molecule has 0 aliphatic carbocycles. The highest BCUT2D eigenvalue weighted by Gasteiger charge is 1.80. The van der Waals surface area contributed by atoms with E-state index in [2.05, 4.69) is 44.0 Å². The van der Waals surface area contributed by atoms with Crippen LogP contribution in [0.25, 0.3) is 0 Å². The number of alkyl halides is 2. The lowest BCUT2D eigenvalue weighted by Gasteiger charge is -1.88. The second kappa shape index (κ2) is 9.70. The Balaban J connectivity index is 2.89. The molecule has 0 nitrogen and oxygen atoms in total. The second-order valence-electron chi connectivity index (χ2n) is 2.13. The van der Waals surface area contributed by atoms with E-state index in [9.17, 15) is 0 Å². The van der Waals surface area contributed by atoms with Gasteiger partial charge in [0.15, 0.2) is 0 Å². The summed E-state index contributed by atoms with van der Waals surface area (Å²) in [6.07, 6.45) is 9.48. The van der Waals surface area contributed by atoms with Gasteiger partial charge in [0, 0.05) is 10.7 Å². The minimum atomic E-state index is 1.12. The van der Waals surface area contributed by atoms with E-state index in [1.165, 1.54) is 25.7 Å². The van der Waals surface area contributed by atoms with Crippen LogP contribution in [0.5, 0.6) is 0 Å². The van der Waals surface area contributed by atoms with E-state index < -0.39 is 0 Å². The van der Waals surface area contributed by atoms with Gasteiger partial charge in [0.1, 0.15) is 0 Å². The van der Waals surface area contributed by atoms with E-state index in [0.717, 1.165) is 10.7 Å². The van der Waals surface area contributed by atoms with Gasteiger partial charge in [-0.1, -0.05) is 44.0 Å². The smallest absolute Gasteiger partial charge is 0.00342 e. The molecule has 0 aliphatic rings. The van der Waals surface area contributed by atoms with Crippen molar-refractivity contribution >= 4 is 31.9 Å². The molecule has 0 aromatic heterocycles. The Morgan fingerprint density at radius 3 is 1.50 bits per heavy atom. The first-order chi connectivity index (χ1) is 4.91. The van der Waals surface area contributed by atoms with Crippen LogP contribution < -0.4 is 0 Å². The average molecular weight is 270 g/mol. The fraction of sp³-hybridized carbons (Fsp3) is 0.750. The molecule has 0 amide bonds. The molecule has 10 heavy (non-hydrogen) atoms. The Morgan fingerprint density at radius 2 is 1.20 bits per heavy atom. The van der Waals surface area contributed by atoms with Crippen molar-refractivity contribution in [3.63, 3.8) is 0 Å². The summed E-state index contributed by atoms with van der Waals surface area (Å²) >= 11 is 6.78. The number of allylic oxidation sites excluding steroid dienone is 2. The van der Waals surface area contributed by atoms with Crippen LogP contribution in [0, 0.1) is 0 Å². The molecule has 0 N–H and O–H groups in total. The fourth-order valence-electron chi connectivity index (χ4n) is 0.626. The number of hydrogen-bond acceptors (Lipinski definition) is 0. The SMILES string of the molecule is BrCCCC=CCCCBr. The van der Waals surface area contributed by atoms with Crippen LogP contribution in [0.4, 0.5) is 0 Å². The number of hydrogen-bond donors (Lipinski definition) is 0. The summed E-state index contributed by atoms with van der Waals surface area (Å²) in [4.78, 5) is 0. The van der Waals surface area contributed by atoms with Crippen molar-refractivity contribution in [1.82, 2.24) is 0 Å². The average Bonchev–Trinajstić information content (AvgIpc) is 1.97. The molecule has 0 aromatic rings. The van der Waals surface area contributed by atoms with E-state index in [0.29, 0.717) is 0 Å². The lowest BCUT2D eigenvalue weighted by Crippen LogP contribution is -1.72. The zero-order valence-electron chi connectivity index (χ0n) is 6.15. The van der Waals surface area contributed by atoms with Crippen LogP contribution in [0.2, 0.25) is 0 Å². The topological polar surface area (TPSA) is 0 Å². The van der Waals surface area contributed by atoms with Gasteiger partial charge >= 0.3 is 0 Å². The molecule has 0 rings (SSSR count). The number of rotatable bonds is 6. The predicted octanol–water partition coefficient (Wildman–Crippen LogP) is 3.89. The van der Waals surface area contributed by atoms with Crippen molar-refractivity contribution in [2.45, 2.75) is 25.7 Å². The maximum absolute atomic E-state index is 3.39. The third kappa shape index (κ3) is 8.70. The molecule has 0 fully saturated rings. The molecule has 0 aliphatic heterocycles. The van der Waals surface area contributed by atoms with Gasteiger partial charge < -0.3 is 0 Å². The predicted molar refractivity (Wildman–Crippen MR) is 55.2 cm³/mol. The second-order valence-corrected chi connectivity index (χ2v) is 3.72. The molecular weight excluding hydrogens is 256 g/mol. The first-order valence-electron chi connectivity index (χ1n) is 3.68. The summed E-state index contributed by atoms with van der Waals surface area (Å²) in [7, 11) is 0. The molecule has 0 heterocycles. The van der Waals surface area contributed by atoms with E-state index in [1.807, 2.05) is 0 Å². The van der Waals surface area contributed by atoms with Crippen molar-refractivity contribution < 1.29 is 0 Å². The molecule has 0 saturated heterocycles. The normalized spacial score (nSPS) is 11.0. The molecule has 0 radical (unpaired) electrons. The lowest BCUT2D eigenvalue weighted by molar-refractivity contribution is 0.940. The summed E-state index contributed by atoms with van der Waals surface area (Å²) in [5, 5.41) is 2.24. The maximum atomic E-state index is 3.39. The zero-order chi connectivity index (χ0) is 7.66. The monoisotopic (exact) mass is 268 g/mol. The lowest BCUT2D eigenvalue weighted by atomic mass is 10.2. The van der Waals surface area contributed by atoms with E-state index >= 15 is 0 Å². The summed E-state index contributed by atoms with van der Waals surface area (Å²) < 4.78 is 0. The number of unbranched alkanes of at least 4 members (excludes halogenated alkanes) is 2. The van der Waals surface area contributed by atoms with Crippen molar-refractivity contribution in [2.24, 2.45) is 0 Å². The first-order valence-corrected chi connectivity index (χ1v) is 5.93. The first kappa shape index (κ1) is 10.7. The Kier molecular flexibility index (Phi) is 10.4. The fourth-order valence-corrected chi connectivity index (χ4v) is 1.27. The Labute approximate surface area is 80.3 Å². The molecule has 0 saturated carbocycles. The van der Waals surface area contributed by atoms with E-state index in [1.54, 1.807) is 0 Å². The Bertz CT molecular complexity index is 69.3. The van der Waals surface area contributed by atoms with Crippen molar-refractivity contribution in [1.29, 1.82) is 0 Å². The van der Waals surface area contributed by atoms with Crippen molar-refractivity contribution in [3.8, 4) is 0 Å². The molecule has 0 aromatic carbocycles. The Morgan fingerprint density at radius 1 is 0.800 bits per heavy atom. The quantitative estimate of drug-likeness (QED) is 0.390. The largest absolute Gasteiger partial charge is 0.0928 e. The van der Waals surface area contributed by atoms with Crippen LogP contribution >= 0.6 is 31.9 Å².